The van der Waals surface area contributed by atoms with Crippen LogP contribution in [0.15, 0.2) is 18.3 Å². The van der Waals surface area contributed by atoms with Crippen molar-refractivity contribution < 1.29 is 0 Å². The molecule has 0 saturated heterocycles. The van der Waals surface area contributed by atoms with E-state index in [1.54, 1.807) is 0 Å². The molecule has 0 aliphatic heterocycles. The van der Waals surface area contributed by atoms with Crippen LogP contribution in [0.5, 0.6) is 0 Å². The number of pyridine rings is 1. The number of nitrogens with one attached hydrogen (secondary N) is 1. The lowest BCUT2D eigenvalue weighted by atomic mass is 9.93. The number of nitrogens with zero attached hydrogens (tertiary/aromatic N) is 1. The first kappa shape index (κ1) is 7.59. The molecule has 0 amide bonds. The van der Waals surface area contributed by atoms with Crippen molar-refractivity contribution in [2.24, 2.45) is 0 Å². The van der Waals surface area contributed by atoms with Crippen molar-refractivity contribution in [2.45, 2.75) is 32.2 Å². The van der Waals surface area contributed by atoms with Gasteiger partial charge in [0.15, 0.2) is 0 Å². The first-order chi connectivity index (χ1) is 5.84. The number of aromatic nitrogens is 1. The zero-order valence-electron chi connectivity index (χ0n) is 7.38. The molecule has 1 aromatic rings. The van der Waals surface area contributed by atoms with Crippen molar-refractivity contribution in [3.05, 3.63) is 23.9 Å². The van der Waals surface area contributed by atoms with E-state index in [2.05, 4.69) is 23.3 Å². The molecule has 1 aliphatic carbocycles. The Labute approximate surface area is 73.0 Å². The first-order valence-corrected chi connectivity index (χ1v) is 4.54. The molecule has 0 unspecified atom stereocenters. The smallest absolute Gasteiger partial charge is 0.126 e. The number of hydrogen-bond donors (Lipinski definition) is 1. The van der Waals surface area contributed by atoms with Crippen LogP contribution in [-0.2, 0) is 0 Å². The molecule has 1 N–H and O–H groups in total. The van der Waals surface area contributed by atoms with Gasteiger partial charge in [0.05, 0.1) is 0 Å². The minimum atomic E-state index is 0.681. The lowest BCUT2D eigenvalue weighted by molar-refractivity contribution is 0.444. The van der Waals surface area contributed by atoms with Crippen LogP contribution in [0.2, 0.25) is 0 Å². The second kappa shape index (κ2) is 3.13. The highest BCUT2D eigenvalue weighted by Crippen LogP contribution is 2.21. The van der Waals surface area contributed by atoms with Gasteiger partial charge >= 0.3 is 0 Å². The summed E-state index contributed by atoms with van der Waals surface area (Å²) in [6.45, 7) is 2.06. The maximum atomic E-state index is 4.29. The summed E-state index contributed by atoms with van der Waals surface area (Å²) in [4.78, 5) is 4.29. The van der Waals surface area contributed by atoms with Crippen LogP contribution in [0.25, 0.3) is 0 Å². The number of hydrogen-bond acceptors (Lipinski definition) is 2. The second-order valence-electron chi connectivity index (χ2n) is 3.49. The molecule has 2 heteroatoms. The Bertz CT molecular complexity index is 249. The lowest BCUT2D eigenvalue weighted by Crippen LogP contribution is -2.27. The lowest BCUT2D eigenvalue weighted by Gasteiger charge is -2.26. The fraction of sp³-hybridized carbons (Fsp3) is 0.500. The fourth-order valence-electron chi connectivity index (χ4n) is 1.31. The van der Waals surface area contributed by atoms with Gasteiger partial charge in [0.25, 0.3) is 0 Å². The molecule has 0 bridgehead atoms. The average Bonchev–Trinajstić information content (AvgIpc) is 2.00. The topological polar surface area (TPSA) is 24.9 Å². The molecule has 64 valence electrons. The highest BCUT2D eigenvalue weighted by atomic mass is 15.0. The number of aryl methyl sites for hydroxylation is 1. The van der Waals surface area contributed by atoms with E-state index in [4.69, 9.17) is 0 Å². The van der Waals surface area contributed by atoms with Gasteiger partial charge in [0.2, 0.25) is 0 Å². The first-order valence-electron chi connectivity index (χ1n) is 4.54. The summed E-state index contributed by atoms with van der Waals surface area (Å²) in [7, 11) is 0. The van der Waals surface area contributed by atoms with Gasteiger partial charge in [-0.1, -0.05) is 6.07 Å². The van der Waals surface area contributed by atoms with Crippen LogP contribution in [0.3, 0.4) is 0 Å². The summed E-state index contributed by atoms with van der Waals surface area (Å²) in [6, 6.07) is 4.82. The summed E-state index contributed by atoms with van der Waals surface area (Å²) in [6.07, 6.45) is 5.87. The average molecular weight is 162 g/mol. The van der Waals surface area contributed by atoms with Crippen molar-refractivity contribution in [2.75, 3.05) is 5.32 Å². The molecule has 0 radical (unpaired) electrons. The maximum absolute atomic E-state index is 4.29. The Morgan fingerprint density at radius 1 is 1.42 bits per heavy atom. The molecule has 1 aromatic heterocycles. The fourth-order valence-corrected chi connectivity index (χ4v) is 1.31. The summed E-state index contributed by atoms with van der Waals surface area (Å²) >= 11 is 0. The molecule has 1 aliphatic rings. The molecule has 0 atom stereocenters. The highest BCUT2D eigenvalue weighted by Gasteiger charge is 2.16. The molecule has 0 spiro atoms. The van der Waals surface area contributed by atoms with Crippen LogP contribution in [0.1, 0.15) is 24.8 Å². The van der Waals surface area contributed by atoms with Gasteiger partial charge in [-0.15, -0.1) is 0 Å². The highest BCUT2D eigenvalue weighted by molar-refractivity contribution is 5.36. The molecule has 12 heavy (non-hydrogen) atoms. The van der Waals surface area contributed by atoms with Gasteiger partial charge in [-0.2, -0.15) is 0 Å². The molecule has 1 fully saturated rings. The minimum Gasteiger partial charge on any atom is -0.367 e. The third kappa shape index (κ3) is 1.58. The van der Waals surface area contributed by atoms with Crippen molar-refractivity contribution >= 4 is 5.82 Å². The van der Waals surface area contributed by atoms with E-state index in [-0.39, 0.29) is 0 Å². The van der Waals surface area contributed by atoms with E-state index in [1.807, 2.05) is 12.3 Å². The van der Waals surface area contributed by atoms with E-state index >= 15 is 0 Å². The van der Waals surface area contributed by atoms with Gasteiger partial charge in [-0.25, -0.2) is 4.98 Å². The molecular formula is C10H14N2. The SMILES string of the molecule is Cc1ccc(NC2CCC2)nc1. The molecule has 1 saturated carbocycles. The summed E-state index contributed by atoms with van der Waals surface area (Å²) in [5.74, 6) is 1.02. The summed E-state index contributed by atoms with van der Waals surface area (Å²) < 4.78 is 0. The van der Waals surface area contributed by atoms with E-state index in [0.29, 0.717) is 6.04 Å². The maximum Gasteiger partial charge on any atom is 0.126 e. The van der Waals surface area contributed by atoms with Crippen LogP contribution < -0.4 is 5.32 Å². The molecule has 2 nitrogen and oxygen atoms in total. The Morgan fingerprint density at radius 2 is 2.25 bits per heavy atom. The molecule has 1 heterocycles. The zero-order chi connectivity index (χ0) is 8.39. The van der Waals surface area contributed by atoms with Crippen molar-refractivity contribution in [1.82, 2.24) is 4.98 Å². The van der Waals surface area contributed by atoms with E-state index in [1.165, 1.54) is 24.8 Å². The van der Waals surface area contributed by atoms with Gasteiger partial charge < -0.3 is 5.32 Å². The number of rotatable bonds is 2. The van der Waals surface area contributed by atoms with Gasteiger partial charge in [0, 0.05) is 12.2 Å². The van der Waals surface area contributed by atoms with Crippen molar-refractivity contribution in [3.8, 4) is 0 Å². The largest absolute Gasteiger partial charge is 0.367 e. The number of anilines is 1. The zero-order valence-corrected chi connectivity index (χ0v) is 7.38. The monoisotopic (exact) mass is 162 g/mol. The third-order valence-electron chi connectivity index (χ3n) is 2.37. The molecular weight excluding hydrogens is 148 g/mol. The van der Waals surface area contributed by atoms with E-state index in [9.17, 15) is 0 Å². The van der Waals surface area contributed by atoms with Crippen LogP contribution in [0, 0.1) is 6.92 Å². The normalized spacial score (nSPS) is 17.1. The third-order valence-corrected chi connectivity index (χ3v) is 2.37. The quantitative estimate of drug-likeness (QED) is 0.722. The molecule has 2 rings (SSSR count). The Morgan fingerprint density at radius 3 is 2.75 bits per heavy atom. The minimum absolute atomic E-state index is 0.681. The van der Waals surface area contributed by atoms with Crippen molar-refractivity contribution in [1.29, 1.82) is 0 Å². The van der Waals surface area contributed by atoms with E-state index < -0.39 is 0 Å². The Hall–Kier alpha value is -1.05. The van der Waals surface area contributed by atoms with Gasteiger partial charge in [-0.3, -0.25) is 0 Å². The predicted molar refractivity (Wildman–Crippen MR) is 50.2 cm³/mol. The summed E-state index contributed by atoms with van der Waals surface area (Å²) in [5, 5.41) is 3.39. The van der Waals surface area contributed by atoms with Crippen LogP contribution in [0.4, 0.5) is 5.82 Å². The second-order valence-corrected chi connectivity index (χ2v) is 3.49. The molecule has 0 aromatic carbocycles. The standard InChI is InChI=1S/C10H14N2/c1-8-5-6-10(11-7-8)12-9-3-2-4-9/h5-7,9H,2-4H2,1H3,(H,11,12). The van der Waals surface area contributed by atoms with Crippen LogP contribution >= 0.6 is 0 Å². The van der Waals surface area contributed by atoms with Gasteiger partial charge in [0.1, 0.15) is 5.82 Å². The van der Waals surface area contributed by atoms with Crippen LogP contribution in [-0.4, -0.2) is 11.0 Å². The predicted octanol–water partition coefficient (Wildman–Crippen LogP) is 2.35. The summed E-state index contributed by atoms with van der Waals surface area (Å²) in [5.41, 5.74) is 1.22. The van der Waals surface area contributed by atoms with Gasteiger partial charge in [-0.05, 0) is 37.8 Å². The Kier molecular flexibility index (Phi) is 1.98. The van der Waals surface area contributed by atoms with E-state index in [0.717, 1.165) is 5.82 Å². The Balaban J connectivity index is 1.98. The van der Waals surface area contributed by atoms with Crippen molar-refractivity contribution in [3.63, 3.8) is 0 Å².